The van der Waals surface area contributed by atoms with Crippen molar-refractivity contribution in [2.24, 2.45) is 0 Å². The van der Waals surface area contributed by atoms with E-state index in [1.165, 1.54) is 4.31 Å². The summed E-state index contributed by atoms with van der Waals surface area (Å²) in [5.41, 5.74) is 2.63. The normalized spacial score (nSPS) is 15.4. The van der Waals surface area contributed by atoms with Crippen molar-refractivity contribution < 1.29 is 17.7 Å². The number of sulfonamides is 1. The van der Waals surface area contributed by atoms with E-state index in [-0.39, 0.29) is 29.7 Å². The molecule has 1 aliphatic rings. The highest BCUT2D eigenvalue weighted by Crippen LogP contribution is 2.25. The Morgan fingerprint density at radius 1 is 1.10 bits per heavy atom. The Bertz CT molecular complexity index is 1170. The molecular formula is C21H25N5O4S. The number of piperazine rings is 1. The summed E-state index contributed by atoms with van der Waals surface area (Å²) in [5.74, 6) is 0.144. The monoisotopic (exact) mass is 443 g/mol. The van der Waals surface area contributed by atoms with Gasteiger partial charge in [-0.15, -0.1) is 0 Å². The maximum atomic E-state index is 13.2. The van der Waals surface area contributed by atoms with E-state index >= 15 is 0 Å². The van der Waals surface area contributed by atoms with Crippen LogP contribution in [0.2, 0.25) is 0 Å². The van der Waals surface area contributed by atoms with E-state index in [9.17, 15) is 13.2 Å². The predicted octanol–water partition coefficient (Wildman–Crippen LogP) is 2.19. The van der Waals surface area contributed by atoms with Crippen LogP contribution < -0.4 is 0 Å². The Hall–Kier alpha value is -2.98. The van der Waals surface area contributed by atoms with Crippen LogP contribution in [-0.4, -0.2) is 64.6 Å². The average Bonchev–Trinajstić information content (AvgIpc) is 3.36. The molecule has 2 aromatic heterocycles. The maximum absolute atomic E-state index is 13.2. The number of benzene rings is 1. The van der Waals surface area contributed by atoms with Gasteiger partial charge in [0, 0.05) is 26.2 Å². The molecule has 31 heavy (non-hydrogen) atoms. The summed E-state index contributed by atoms with van der Waals surface area (Å²) in [4.78, 5) is 15.0. The first-order valence-corrected chi connectivity index (χ1v) is 11.6. The molecule has 1 amide bonds. The second kappa shape index (κ2) is 8.27. The van der Waals surface area contributed by atoms with Gasteiger partial charge in [0.15, 0.2) is 5.76 Å². The fraction of sp³-hybridized carbons (Fsp3) is 0.381. The fourth-order valence-corrected chi connectivity index (χ4v) is 5.67. The van der Waals surface area contributed by atoms with Crippen LogP contribution in [0, 0.1) is 13.8 Å². The third-order valence-corrected chi connectivity index (χ3v) is 7.67. The van der Waals surface area contributed by atoms with E-state index in [0.29, 0.717) is 30.8 Å². The Balaban J connectivity index is 1.51. The number of rotatable bonds is 5. The third kappa shape index (κ3) is 3.77. The van der Waals surface area contributed by atoms with Crippen LogP contribution >= 0.6 is 0 Å². The van der Waals surface area contributed by atoms with Gasteiger partial charge in [-0.3, -0.25) is 4.79 Å². The molecule has 10 heteroatoms. The van der Waals surface area contributed by atoms with Crippen LogP contribution in [-0.2, 0) is 16.4 Å². The van der Waals surface area contributed by atoms with Crippen molar-refractivity contribution >= 4 is 15.9 Å². The molecule has 3 heterocycles. The van der Waals surface area contributed by atoms with E-state index in [1.807, 2.05) is 37.3 Å². The summed E-state index contributed by atoms with van der Waals surface area (Å²) in [6, 6.07) is 9.67. The lowest BCUT2D eigenvalue weighted by molar-refractivity contribution is 0.0696. The van der Waals surface area contributed by atoms with Crippen LogP contribution in [0.1, 0.15) is 34.4 Å². The molecule has 1 aliphatic heterocycles. The summed E-state index contributed by atoms with van der Waals surface area (Å²) in [7, 11) is -3.72. The molecule has 0 radical (unpaired) electrons. The van der Waals surface area contributed by atoms with E-state index in [0.717, 1.165) is 11.4 Å². The van der Waals surface area contributed by atoms with Crippen LogP contribution in [0.3, 0.4) is 0 Å². The first-order chi connectivity index (χ1) is 14.8. The zero-order chi connectivity index (χ0) is 22.2. The van der Waals surface area contributed by atoms with Gasteiger partial charge in [-0.2, -0.15) is 9.40 Å². The van der Waals surface area contributed by atoms with Gasteiger partial charge in [-0.1, -0.05) is 30.3 Å². The molecule has 4 rings (SSSR count). The van der Waals surface area contributed by atoms with Crippen LogP contribution in [0.5, 0.6) is 0 Å². The highest BCUT2D eigenvalue weighted by atomic mass is 32.2. The minimum atomic E-state index is -3.72. The zero-order valence-electron chi connectivity index (χ0n) is 17.8. The number of amides is 1. The first-order valence-electron chi connectivity index (χ1n) is 10.2. The smallest absolute Gasteiger partial charge is 0.257 e. The number of carbonyl (C=O) groups excluding carboxylic acids is 1. The number of aryl methyl sites for hydroxylation is 2. The molecule has 3 aromatic rings. The first kappa shape index (κ1) is 21.3. The lowest BCUT2D eigenvalue weighted by Gasteiger charge is -2.33. The minimum absolute atomic E-state index is 0.115. The van der Waals surface area contributed by atoms with Gasteiger partial charge in [0.25, 0.3) is 5.91 Å². The number of hydrogen-bond donors (Lipinski definition) is 0. The van der Waals surface area contributed by atoms with E-state index < -0.39 is 10.0 Å². The maximum Gasteiger partial charge on any atom is 0.257 e. The molecule has 0 atom stereocenters. The summed E-state index contributed by atoms with van der Waals surface area (Å²) in [5, 5.41) is 8.18. The largest absolute Gasteiger partial charge is 0.360 e. The number of nitrogens with zero attached hydrogens (tertiary/aromatic N) is 5. The Labute approximate surface area is 181 Å². The number of hydrogen-bond acceptors (Lipinski definition) is 6. The average molecular weight is 444 g/mol. The van der Waals surface area contributed by atoms with Crippen molar-refractivity contribution in [1.29, 1.82) is 0 Å². The fourth-order valence-electron chi connectivity index (χ4n) is 3.96. The van der Waals surface area contributed by atoms with Gasteiger partial charge in [0.1, 0.15) is 10.6 Å². The molecule has 1 aromatic carbocycles. The van der Waals surface area contributed by atoms with Gasteiger partial charge >= 0.3 is 0 Å². The standard InChI is InChI=1S/C21H25N5O4S/c1-4-19-18(14-22-26(19)17-8-6-5-7-9-17)21(27)24-10-12-25(13-11-24)31(28,29)20-15(2)23-30-16(20)3/h5-9,14H,4,10-13H2,1-3H3. The molecular weight excluding hydrogens is 418 g/mol. The molecule has 1 saturated heterocycles. The van der Waals surface area contributed by atoms with E-state index in [1.54, 1.807) is 29.6 Å². The van der Waals surface area contributed by atoms with E-state index in [4.69, 9.17) is 4.52 Å². The minimum Gasteiger partial charge on any atom is -0.360 e. The highest BCUT2D eigenvalue weighted by Gasteiger charge is 2.35. The summed E-state index contributed by atoms with van der Waals surface area (Å²) in [6.45, 7) is 6.23. The van der Waals surface area contributed by atoms with Crippen molar-refractivity contribution in [3.8, 4) is 5.69 Å². The number of aromatic nitrogens is 3. The zero-order valence-corrected chi connectivity index (χ0v) is 18.6. The lowest BCUT2D eigenvalue weighted by atomic mass is 10.1. The molecule has 0 saturated carbocycles. The van der Waals surface area contributed by atoms with E-state index in [2.05, 4.69) is 10.3 Å². The topological polar surface area (TPSA) is 102 Å². The van der Waals surface area contributed by atoms with Crippen LogP contribution in [0.25, 0.3) is 5.69 Å². The molecule has 0 aliphatic carbocycles. The van der Waals surface area contributed by atoms with Gasteiger partial charge in [-0.05, 0) is 32.4 Å². The van der Waals surface area contributed by atoms with Crippen LogP contribution in [0.4, 0.5) is 0 Å². The van der Waals surface area contributed by atoms with Crippen LogP contribution in [0.15, 0.2) is 45.9 Å². The molecule has 164 valence electrons. The Morgan fingerprint density at radius 2 is 1.77 bits per heavy atom. The summed E-state index contributed by atoms with van der Waals surface area (Å²) < 4.78 is 34.2. The molecule has 1 fully saturated rings. The quantitative estimate of drug-likeness (QED) is 0.599. The van der Waals surface area contributed by atoms with Gasteiger partial charge < -0.3 is 9.42 Å². The van der Waals surface area contributed by atoms with Gasteiger partial charge in [0.05, 0.1) is 23.1 Å². The molecule has 0 bridgehead atoms. The van der Waals surface area contributed by atoms with Crippen molar-refractivity contribution in [2.45, 2.75) is 32.1 Å². The van der Waals surface area contributed by atoms with Gasteiger partial charge in [0.2, 0.25) is 10.0 Å². The van der Waals surface area contributed by atoms with Crippen molar-refractivity contribution in [3.63, 3.8) is 0 Å². The highest BCUT2D eigenvalue weighted by molar-refractivity contribution is 7.89. The Kier molecular flexibility index (Phi) is 5.67. The number of carbonyl (C=O) groups is 1. The lowest BCUT2D eigenvalue weighted by Crippen LogP contribution is -2.50. The van der Waals surface area contributed by atoms with Crippen molar-refractivity contribution in [1.82, 2.24) is 24.1 Å². The summed E-state index contributed by atoms with van der Waals surface area (Å²) >= 11 is 0. The molecule has 9 nitrogen and oxygen atoms in total. The number of para-hydroxylation sites is 1. The van der Waals surface area contributed by atoms with Gasteiger partial charge in [-0.25, -0.2) is 13.1 Å². The SMILES string of the molecule is CCc1c(C(=O)N2CCN(S(=O)(=O)c3c(C)noc3C)CC2)cnn1-c1ccccc1. The van der Waals surface area contributed by atoms with Crippen molar-refractivity contribution in [2.75, 3.05) is 26.2 Å². The van der Waals surface area contributed by atoms with Crippen molar-refractivity contribution in [3.05, 3.63) is 59.2 Å². The summed E-state index contributed by atoms with van der Waals surface area (Å²) in [6.07, 6.45) is 2.25. The molecule has 0 spiro atoms. The Morgan fingerprint density at radius 3 is 2.35 bits per heavy atom. The molecule has 0 N–H and O–H groups in total. The third-order valence-electron chi connectivity index (χ3n) is 5.53. The predicted molar refractivity (Wildman–Crippen MR) is 114 cm³/mol. The molecule has 0 unspecified atom stereocenters. The second-order valence-corrected chi connectivity index (χ2v) is 9.33. The second-order valence-electron chi connectivity index (χ2n) is 7.46.